The van der Waals surface area contributed by atoms with Crippen molar-refractivity contribution in [2.24, 2.45) is 10.7 Å². The van der Waals surface area contributed by atoms with Gasteiger partial charge in [-0.05, 0) is 75.4 Å². The van der Waals surface area contributed by atoms with Gasteiger partial charge in [0.25, 0.3) is 0 Å². The van der Waals surface area contributed by atoms with Gasteiger partial charge in [-0.1, -0.05) is 68.2 Å². The fraction of sp³-hybridized carbons (Fsp3) is 0.429. The average Bonchev–Trinajstić information content (AvgIpc) is 3.25. The van der Waals surface area contributed by atoms with Gasteiger partial charge in [0.05, 0.1) is 12.2 Å². The van der Waals surface area contributed by atoms with Crippen LogP contribution < -0.4 is 10.5 Å². The third kappa shape index (κ3) is 5.79. The molecule has 1 fully saturated rings. The van der Waals surface area contributed by atoms with E-state index in [0.717, 1.165) is 29.7 Å². The van der Waals surface area contributed by atoms with Crippen LogP contribution in [0.3, 0.4) is 0 Å². The molecule has 3 heterocycles. The second-order valence-electron chi connectivity index (χ2n) is 13.1. The number of nitrogens with zero attached hydrogens (tertiary/aromatic N) is 4. The molecule has 1 saturated heterocycles. The summed E-state index contributed by atoms with van der Waals surface area (Å²) in [6.07, 6.45) is 3.80. The topological polar surface area (TPSA) is 101 Å². The van der Waals surface area contributed by atoms with Crippen LogP contribution in [-0.4, -0.2) is 51.8 Å². The van der Waals surface area contributed by atoms with Crippen LogP contribution in [0.2, 0.25) is 10.0 Å². The second-order valence-corrected chi connectivity index (χ2v) is 13.9. The maximum absolute atomic E-state index is 15.1. The molecule has 5 rings (SSSR count). The van der Waals surface area contributed by atoms with E-state index in [1.54, 1.807) is 16.0 Å². The summed E-state index contributed by atoms with van der Waals surface area (Å²) < 4.78 is 6.22. The smallest absolute Gasteiger partial charge is 0.327 e. The van der Waals surface area contributed by atoms with E-state index < -0.39 is 23.0 Å². The number of aliphatic imine (C=N–C) groups is 1. The van der Waals surface area contributed by atoms with Crippen LogP contribution in [0.15, 0.2) is 65.8 Å². The molecule has 3 aromatic rings. The number of hydrogen-bond acceptors (Lipinski definition) is 5. The number of pyridine rings is 1. The number of hydrogen-bond donors (Lipinski definition) is 1. The van der Waals surface area contributed by atoms with E-state index in [0.29, 0.717) is 46.8 Å². The van der Waals surface area contributed by atoms with Gasteiger partial charge in [-0.3, -0.25) is 19.7 Å². The standard InChI is InChI=1S/C35H41Cl2N5O3/c1-7-45-28-20-29(33(2,3)4)39-21-26(28)31-40-34(5,22-11-15-24(36)16-12-22)35(6,23-13-17-25(37)18-14-23)42(31)32(44)41-19-9-8-10-27(41)30(38)43/h11-18,20-21,27H,7-10,19H2,1-6H3,(H2,38,43)/t27?,34-,35+/m0/s1. The van der Waals surface area contributed by atoms with Gasteiger partial charge in [0, 0.05) is 40.0 Å². The van der Waals surface area contributed by atoms with Crippen molar-refractivity contribution >= 4 is 41.0 Å². The summed E-state index contributed by atoms with van der Waals surface area (Å²) in [6, 6.07) is 15.8. The predicted molar refractivity (Wildman–Crippen MR) is 179 cm³/mol. The number of likely N-dealkylation sites (tertiary alicyclic amines) is 1. The number of amides is 3. The first kappa shape index (κ1) is 32.8. The van der Waals surface area contributed by atoms with Gasteiger partial charge < -0.3 is 15.4 Å². The number of ether oxygens (including phenoxy) is 1. The fourth-order valence-corrected chi connectivity index (χ4v) is 6.69. The van der Waals surface area contributed by atoms with Crippen molar-refractivity contribution in [3.8, 4) is 5.75 Å². The normalized spacial score (nSPS) is 23.6. The Balaban J connectivity index is 1.83. The van der Waals surface area contributed by atoms with Gasteiger partial charge in [-0.15, -0.1) is 0 Å². The van der Waals surface area contributed by atoms with Crippen molar-refractivity contribution in [1.82, 2.24) is 14.8 Å². The molecule has 0 spiro atoms. The molecule has 0 aliphatic carbocycles. The zero-order valence-electron chi connectivity index (χ0n) is 26.7. The van der Waals surface area contributed by atoms with Gasteiger partial charge in [-0.2, -0.15) is 0 Å². The van der Waals surface area contributed by atoms with Gasteiger partial charge in [0.15, 0.2) is 0 Å². The number of primary amides is 1. The molecular weight excluding hydrogens is 609 g/mol. The Hall–Kier alpha value is -3.62. The predicted octanol–water partition coefficient (Wildman–Crippen LogP) is 7.44. The minimum Gasteiger partial charge on any atom is -0.493 e. The quantitative estimate of drug-likeness (QED) is 0.300. The highest BCUT2D eigenvalue weighted by Gasteiger charge is 2.60. The molecule has 0 saturated carbocycles. The van der Waals surface area contributed by atoms with E-state index in [2.05, 4.69) is 20.8 Å². The van der Waals surface area contributed by atoms with Crippen molar-refractivity contribution in [1.29, 1.82) is 0 Å². The van der Waals surface area contributed by atoms with E-state index in [1.807, 2.05) is 75.4 Å². The Morgan fingerprint density at radius 2 is 1.60 bits per heavy atom. The first-order valence-electron chi connectivity index (χ1n) is 15.4. The lowest BCUT2D eigenvalue weighted by Gasteiger charge is -2.47. The number of aromatic nitrogens is 1. The van der Waals surface area contributed by atoms with Crippen LogP contribution in [0, 0.1) is 0 Å². The molecule has 3 amide bonds. The summed E-state index contributed by atoms with van der Waals surface area (Å²) in [6.45, 7) is 13.0. The maximum atomic E-state index is 15.1. The average molecular weight is 651 g/mol. The van der Waals surface area contributed by atoms with Gasteiger partial charge in [0.1, 0.15) is 28.7 Å². The van der Waals surface area contributed by atoms with E-state index in [-0.39, 0.29) is 11.4 Å². The number of carbonyl (C=O) groups excluding carboxylic acids is 2. The van der Waals surface area contributed by atoms with Crippen LogP contribution >= 0.6 is 23.2 Å². The maximum Gasteiger partial charge on any atom is 0.327 e. The van der Waals surface area contributed by atoms with Crippen LogP contribution in [0.4, 0.5) is 4.79 Å². The van der Waals surface area contributed by atoms with Gasteiger partial charge in [-0.25, -0.2) is 4.79 Å². The molecule has 3 atom stereocenters. The molecular formula is C35H41Cl2N5O3. The minimum absolute atomic E-state index is 0.241. The van der Waals surface area contributed by atoms with E-state index >= 15 is 4.79 Å². The van der Waals surface area contributed by atoms with Crippen LogP contribution in [-0.2, 0) is 21.3 Å². The van der Waals surface area contributed by atoms with E-state index in [9.17, 15) is 4.79 Å². The molecule has 1 unspecified atom stereocenters. The van der Waals surface area contributed by atoms with Crippen LogP contribution in [0.1, 0.15) is 83.2 Å². The Morgan fingerprint density at radius 1 is 1.00 bits per heavy atom. The van der Waals surface area contributed by atoms with Gasteiger partial charge >= 0.3 is 6.03 Å². The highest BCUT2D eigenvalue weighted by Crippen LogP contribution is 2.54. The Labute approximate surface area is 275 Å². The Bertz CT molecular complexity index is 1620. The zero-order chi connectivity index (χ0) is 32.7. The molecule has 2 aromatic carbocycles. The van der Waals surface area contributed by atoms with Crippen molar-refractivity contribution in [2.45, 2.75) is 83.3 Å². The SMILES string of the molecule is CCOc1cc(C(C)(C)C)ncc1C1=N[C@@](C)(c2ccc(Cl)cc2)[C@@](C)(c2ccc(Cl)cc2)N1C(=O)N1CCCCC1C(N)=O. The number of rotatable bonds is 6. The number of nitrogens with two attached hydrogens (primary N) is 1. The van der Waals surface area contributed by atoms with E-state index in [4.69, 9.17) is 43.6 Å². The van der Waals surface area contributed by atoms with Crippen molar-refractivity contribution in [3.63, 3.8) is 0 Å². The summed E-state index contributed by atoms with van der Waals surface area (Å²) in [4.78, 5) is 41.3. The number of amidine groups is 1. The minimum atomic E-state index is -1.11. The summed E-state index contributed by atoms with van der Waals surface area (Å²) in [7, 11) is 0. The molecule has 2 aliphatic heterocycles. The lowest BCUT2D eigenvalue weighted by atomic mass is 9.71. The Kier molecular flexibility index (Phi) is 8.95. The molecule has 0 bridgehead atoms. The lowest BCUT2D eigenvalue weighted by molar-refractivity contribution is -0.123. The largest absolute Gasteiger partial charge is 0.493 e. The number of halogens is 2. The second kappa shape index (κ2) is 12.3. The molecule has 45 heavy (non-hydrogen) atoms. The third-order valence-electron chi connectivity index (χ3n) is 9.19. The van der Waals surface area contributed by atoms with Gasteiger partial charge in [0.2, 0.25) is 5.91 Å². The molecule has 0 radical (unpaired) electrons. The van der Waals surface area contributed by atoms with Crippen LogP contribution in [0.5, 0.6) is 5.75 Å². The fourth-order valence-electron chi connectivity index (χ4n) is 6.44. The number of benzene rings is 2. The first-order chi connectivity index (χ1) is 21.2. The molecule has 8 nitrogen and oxygen atoms in total. The molecule has 1 aromatic heterocycles. The highest BCUT2D eigenvalue weighted by molar-refractivity contribution is 6.30. The Morgan fingerprint density at radius 3 is 2.16 bits per heavy atom. The summed E-state index contributed by atoms with van der Waals surface area (Å²) >= 11 is 12.7. The molecule has 238 valence electrons. The molecule has 10 heteroatoms. The van der Waals surface area contributed by atoms with Crippen molar-refractivity contribution in [3.05, 3.63) is 93.2 Å². The number of carbonyl (C=O) groups is 2. The zero-order valence-corrected chi connectivity index (χ0v) is 28.2. The summed E-state index contributed by atoms with van der Waals surface area (Å²) in [5.74, 6) is 0.429. The van der Waals surface area contributed by atoms with Crippen molar-refractivity contribution < 1.29 is 14.3 Å². The third-order valence-corrected chi connectivity index (χ3v) is 9.70. The highest BCUT2D eigenvalue weighted by atomic mass is 35.5. The molecule has 2 aliphatic rings. The first-order valence-corrected chi connectivity index (χ1v) is 16.1. The van der Waals surface area contributed by atoms with E-state index in [1.165, 1.54) is 0 Å². The molecule has 2 N–H and O–H groups in total. The lowest BCUT2D eigenvalue weighted by Crippen LogP contribution is -2.62. The summed E-state index contributed by atoms with van der Waals surface area (Å²) in [5.41, 5.74) is 6.57. The van der Waals surface area contributed by atoms with Crippen molar-refractivity contribution in [2.75, 3.05) is 13.2 Å². The summed E-state index contributed by atoms with van der Waals surface area (Å²) in [5, 5.41) is 1.15. The van der Waals surface area contributed by atoms with Crippen LogP contribution in [0.25, 0.3) is 0 Å². The number of piperidine rings is 1. The monoisotopic (exact) mass is 649 g/mol. The number of urea groups is 1.